The molecule has 2 aromatic heterocycles. The summed E-state index contributed by atoms with van der Waals surface area (Å²) < 4.78 is 14.3. The molecule has 0 aliphatic heterocycles. The number of hydrogen-bond donors (Lipinski definition) is 2. The van der Waals surface area contributed by atoms with Gasteiger partial charge in [-0.15, -0.1) is 0 Å². The third-order valence-electron chi connectivity index (χ3n) is 4.70. The number of carbonyl (C=O) groups excluding carboxylic acids is 2. The standard InChI is InChI=1S/C21H21FN4O4/c1-23-20(29)17-19(28)18-15(26(21(17)30)11-16(27)25(2)3)9-13(10-24-18)8-12-4-6-14(22)7-5-12/h4-7,9-10,28H,8,11H2,1-3H3,(H,23,29). The molecule has 156 valence electrons. The molecule has 3 aromatic rings. The van der Waals surface area contributed by atoms with Gasteiger partial charge in [0.2, 0.25) is 5.91 Å². The number of fused-ring (bicyclic) bond motifs is 1. The highest BCUT2D eigenvalue weighted by Gasteiger charge is 2.24. The second-order valence-electron chi connectivity index (χ2n) is 7.00. The zero-order chi connectivity index (χ0) is 22.0. The Kier molecular flexibility index (Phi) is 5.81. The summed E-state index contributed by atoms with van der Waals surface area (Å²) in [5.74, 6) is -2.03. The van der Waals surface area contributed by atoms with Gasteiger partial charge >= 0.3 is 0 Å². The second-order valence-corrected chi connectivity index (χ2v) is 7.00. The van der Waals surface area contributed by atoms with Crippen molar-refractivity contribution in [3.8, 4) is 5.75 Å². The number of aromatic nitrogens is 2. The van der Waals surface area contributed by atoms with Crippen LogP contribution in [-0.4, -0.2) is 52.5 Å². The Morgan fingerprint density at radius 2 is 1.87 bits per heavy atom. The SMILES string of the molecule is CNC(=O)c1c(O)c2ncc(Cc3ccc(F)cc3)cc2n(CC(=O)N(C)C)c1=O. The normalized spacial score (nSPS) is 10.8. The molecule has 1 aromatic carbocycles. The molecule has 0 bridgehead atoms. The van der Waals surface area contributed by atoms with Crippen molar-refractivity contribution < 1.29 is 19.1 Å². The van der Waals surface area contributed by atoms with Crippen molar-refractivity contribution in [2.45, 2.75) is 13.0 Å². The van der Waals surface area contributed by atoms with E-state index in [9.17, 15) is 23.9 Å². The molecule has 0 saturated heterocycles. The molecule has 30 heavy (non-hydrogen) atoms. The van der Waals surface area contributed by atoms with Gasteiger partial charge in [0.1, 0.15) is 23.4 Å². The highest BCUT2D eigenvalue weighted by atomic mass is 19.1. The van der Waals surface area contributed by atoms with Crippen LogP contribution in [0.1, 0.15) is 21.5 Å². The van der Waals surface area contributed by atoms with Gasteiger partial charge in [-0.1, -0.05) is 12.1 Å². The maximum atomic E-state index is 13.1. The Hall–Kier alpha value is -3.75. The van der Waals surface area contributed by atoms with E-state index in [4.69, 9.17) is 0 Å². The Labute approximate surface area is 171 Å². The maximum Gasteiger partial charge on any atom is 0.268 e. The van der Waals surface area contributed by atoms with Crippen molar-refractivity contribution in [3.63, 3.8) is 0 Å². The van der Waals surface area contributed by atoms with E-state index in [1.54, 1.807) is 32.3 Å². The summed E-state index contributed by atoms with van der Waals surface area (Å²) in [6.07, 6.45) is 1.90. The monoisotopic (exact) mass is 412 g/mol. The number of likely N-dealkylation sites (N-methyl/N-ethyl adjacent to an activating group) is 1. The molecular formula is C21H21FN4O4. The van der Waals surface area contributed by atoms with Gasteiger partial charge in [-0.25, -0.2) is 4.39 Å². The van der Waals surface area contributed by atoms with Gasteiger partial charge < -0.3 is 15.3 Å². The lowest BCUT2D eigenvalue weighted by molar-refractivity contribution is -0.129. The van der Waals surface area contributed by atoms with E-state index in [0.717, 1.165) is 10.1 Å². The van der Waals surface area contributed by atoms with Gasteiger partial charge in [-0.3, -0.25) is 23.9 Å². The fourth-order valence-corrected chi connectivity index (χ4v) is 3.05. The highest BCUT2D eigenvalue weighted by molar-refractivity contribution is 6.01. The summed E-state index contributed by atoms with van der Waals surface area (Å²) in [7, 11) is 4.43. The Morgan fingerprint density at radius 3 is 2.47 bits per heavy atom. The largest absolute Gasteiger partial charge is 0.505 e. The zero-order valence-electron chi connectivity index (χ0n) is 16.8. The van der Waals surface area contributed by atoms with E-state index >= 15 is 0 Å². The van der Waals surface area contributed by atoms with E-state index in [1.807, 2.05) is 0 Å². The van der Waals surface area contributed by atoms with Crippen LogP contribution in [0.15, 0.2) is 41.3 Å². The summed E-state index contributed by atoms with van der Waals surface area (Å²) in [6.45, 7) is -0.325. The number of amides is 2. The number of nitrogens with zero attached hydrogens (tertiary/aromatic N) is 3. The number of rotatable bonds is 5. The third-order valence-corrected chi connectivity index (χ3v) is 4.70. The Bertz CT molecular complexity index is 1190. The Morgan fingerprint density at radius 1 is 1.20 bits per heavy atom. The van der Waals surface area contributed by atoms with Gasteiger partial charge in [0.15, 0.2) is 5.75 Å². The summed E-state index contributed by atoms with van der Waals surface area (Å²) in [5, 5.41) is 12.9. The van der Waals surface area contributed by atoms with Crippen LogP contribution in [0.5, 0.6) is 5.75 Å². The molecule has 0 aliphatic rings. The fraction of sp³-hybridized carbons (Fsp3) is 0.238. The van der Waals surface area contributed by atoms with Crippen LogP contribution in [0.2, 0.25) is 0 Å². The van der Waals surface area contributed by atoms with Crippen molar-refractivity contribution in [1.29, 1.82) is 0 Å². The molecule has 2 N–H and O–H groups in total. The molecular weight excluding hydrogens is 391 g/mol. The van der Waals surface area contributed by atoms with Gasteiger partial charge in [-0.05, 0) is 35.7 Å². The molecule has 0 spiro atoms. The predicted molar refractivity (Wildman–Crippen MR) is 109 cm³/mol. The molecule has 8 nitrogen and oxygen atoms in total. The van der Waals surface area contributed by atoms with Crippen LogP contribution in [0, 0.1) is 5.82 Å². The predicted octanol–water partition coefficient (Wildman–Crippen LogP) is 1.28. The Balaban J connectivity index is 2.20. The quantitative estimate of drug-likeness (QED) is 0.657. The van der Waals surface area contributed by atoms with Gasteiger partial charge in [0.05, 0.1) is 5.52 Å². The fourth-order valence-electron chi connectivity index (χ4n) is 3.05. The lowest BCUT2D eigenvalue weighted by atomic mass is 10.1. The average Bonchev–Trinajstić information content (AvgIpc) is 2.72. The summed E-state index contributed by atoms with van der Waals surface area (Å²) in [4.78, 5) is 43.0. The van der Waals surface area contributed by atoms with Crippen LogP contribution in [0.3, 0.4) is 0 Å². The van der Waals surface area contributed by atoms with Crippen molar-refractivity contribution in [1.82, 2.24) is 19.8 Å². The summed E-state index contributed by atoms with van der Waals surface area (Å²) in [6, 6.07) is 7.58. The van der Waals surface area contributed by atoms with Gasteiger partial charge in [0.25, 0.3) is 11.5 Å². The number of aromatic hydroxyl groups is 1. The third kappa shape index (κ3) is 4.00. The smallest absolute Gasteiger partial charge is 0.268 e. The topological polar surface area (TPSA) is 105 Å². The highest BCUT2D eigenvalue weighted by Crippen LogP contribution is 2.26. The van der Waals surface area contributed by atoms with Crippen molar-refractivity contribution >= 4 is 22.8 Å². The first-order valence-corrected chi connectivity index (χ1v) is 9.14. The molecule has 2 heterocycles. The van der Waals surface area contributed by atoms with Crippen molar-refractivity contribution in [2.75, 3.05) is 21.1 Å². The molecule has 3 rings (SSSR count). The number of carbonyl (C=O) groups is 2. The van der Waals surface area contributed by atoms with Crippen molar-refractivity contribution in [3.05, 3.63) is 69.4 Å². The minimum absolute atomic E-state index is 0.0302. The molecule has 0 saturated carbocycles. The van der Waals surface area contributed by atoms with E-state index in [-0.39, 0.29) is 29.3 Å². The molecule has 2 amide bonds. The molecule has 0 aliphatic carbocycles. The number of nitrogens with one attached hydrogen (secondary N) is 1. The van der Waals surface area contributed by atoms with Crippen LogP contribution < -0.4 is 10.9 Å². The van der Waals surface area contributed by atoms with Crippen LogP contribution in [0.4, 0.5) is 4.39 Å². The summed E-state index contributed by atoms with van der Waals surface area (Å²) in [5.41, 5.74) is 0.488. The van der Waals surface area contributed by atoms with E-state index in [0.29, 0.717) is 12.0 Å². The lowest BCUT2D eigenvalue weighted by Gasteiger charge is -2.16. The minimum Gasteiger partial charge on any atom is -0.505 e. The second kappa shape index (κ2) is 8.32. The van der Waals surface area contributed by atoms with E-state index in [1.165, 1.54) is 30.3 Å². The first-order chi connectivity index (χ1) is 14.2. The van der Waals surface area contributed by atoms with E-state index in [2.05, 4.69) is 10.3 Å². The molecule has 9 heteroatoms. The first kappa shape index (κ1) is 21.0. The number of benzene rings is 1. The lowest BCUT2D eigenvalue weighted by Crippen LogP contribution is -2.36. The molecule has 0 radical (unpaired) electrons. The van der Waals surface area contributed by atoms with Gasteiger partial charge in [-0.2, -0.15) is 0 Å². The minimum atomic E-state index is -0.796. The van der Waals surface area contributed by atoms with Crippen LogP contribution >= 0.6 is 0 Å². The van der Waals surface area contributed by atoms with Crippen LogP contribution in [0.25, 0.3) is 11.0 Å². The molecule has 0 atom stereocenters. The average molecular weight is 412 g/mol. The number of halogens is 1. The summed E-state index contributed by atoms with van der Waals surface area (Å²) >= 11 is 0. The number of hydrogen-bond acceptors (Lipinski definition) is 5. The number of pyridine rings is 2. The molecule has 0 fully saturated rings. The zero-order valence-corrected chi connectivity index (χ0v) is 16.8. The maximum absolute atomic E-state index is 13.1. The van der Waals surface area contributed by atoms with Gasteiger partial charge in [0, 0.05) is 27.3 Å². The first-order valence-electron chi connectivity index (χ1n) is 9.14. The van der Waals surface area contributed by atoms with Crippen LogP contribution in [-0.2, 0) is 17.8 Å². The van der Waals surface area contributed by atoms with E-state index < -0.39 is 22.8 Å². The molecule has 0 unspecified atom stereocenters. The van der Waals surface area contributed by atoms with Crippen molar-refractivity contribution in [2.24, 2.45) is 0 Å².